The van der Waals surface area contributed by atoms with E-state index in [-0.39, 0.29) is 6.10 Å². The number of nitriles is 1. The van der Waals surface area contributed by atoms with E-state index in [1.54, 1.807) is 0 Å². The molecule has 6 nitrogen and oxygen atoms in total. The van der Waals surface area contributed by atoms with Crippen LogP contribution < -0.4 is 24.8 Å². The summed E-state index contributed by atoms with van der Waals surface area (Å²) in [5, 5.41) is 13.5. The van der Waals surface area contributed by atoms with Gasteiger partial charge in [0.2, 0.25) is 11.6 Å². The van der Waals surface area contributed by atoms with Crippen LogP contribution in [0.5, 0.6) is 5.75 Å². The second-order valence-corrected chi connectivity index (χ2v) is 8.78. The molecule has 30 heavy (non-hydrogen) atoms. The Morgan fingerprint density at radius 2 is 1.93 bits per heavy atom. The first kappa shape index (κ1) is 20.5. The van der Waals surface area contributed by atoms with Gasteiger partial charge in [-0.25, -0.2) is 4.98 Å². The maximum atomic E-state index is 9.97. The minimum atomic E-state index is 0.169. The van der Waals surface area contributed by atoms with E-state index in [2.05, 4.69) is 40.5 Å². The van der Waals surface area contributed by atoms with E-state index in [1.165, 1.54) is 34.7 Å². The van der Waals surface area contributed by atoms with Crippen molar-refractivity contribution in [2.45, 2.75) is 52.3 Å². The molecule has 2 aliphatic heterocycles. The van der Waals surface area contributed by atoms with E-state index >= 15 is 0 Å². The minimum Gasteiger partial charge on any atom is -0.491 e. The Labute approximate surface area is 179 Å². The highest BCUT2D eigenvalue weighted by Crippen LogP contribution is 2.29. The lowest BCUT2D eigenvalue weighted by molar-refractivity contribution is -0.895. The van der Waals surface area contributed by atoms with E-state index < -0.39 is 0 Å². The summed E-state index contributed by atoms with van der Waals surface area (Å²) in [6.45, 7) is 8.95. The normalized spacial score (nSPS) is 18.2. The lowest BCUT2D eigenvalue weighted by Gasteiger charge is -2.26. The molecule has 3 heterocycles. The molecule has 0 amide bonds. The van der Waals surface area contributed by atoms with Gasteiger partial charge < -0.3 is 15.0 Å². The van der Waals surface area contributed by atoms with Crippen LogP contribution >= 0.6 is 0 Å². The number of H-pyrrole nitrogens is 1. The summed E-state index contributed by atoms with van der Waals surface area (Å²) >= 11 is 0. The van der Waals surface area contributed by atoms with Gasteiger partial charge in [0, 0.05) is 6.42 Å². The van der Waals surface area contributed by atoms with Crippen LogP contribution in [0.25, 0.3) is 0 Å². The Balaban J connectivity index is 1.61. The monoisotopic (exact) mass is 407 g/mol. The lowest BCUT2D eigenvalue weighted by atomic mass is 9.95. The molecule has 158 valence electrons. The van der Waals surface area contributed by atoms with Gasteiger partial charge in [-0.15, -0.1) is 0 Å². The van der Waals surface area contributed by atoms with Crippen LogP contribution in [0.3, 0.4) is 0 Å². The smallest absolute Gasteiger partial charge is 0.237 e. The van der Waals surface area contributed by atoms with E-state index in [0.29, 0.717) is 6.54 Å². The third-order valence-corrected chi connectivity index (χ3v) is 6.02. The van der Waals surface area contributed by atoms with Gasteiger partial charge in [-0.1, -0.05) is 12.1 Å². The van der Waals surface area contributed by atoms with Gasteiger partial charge in [-0.05, 0) is 49.9 Å². The number of fused-ring (bicyclic) bond motifs is 1. The van der Waals surface area contributed by atoms with Crippen molar-refractivity contribution in [1.82, 2.24) is 0 Å². The minimum absolute atomic E-state index is 0.169. The molecule has 1 saturated heterocycles. The molecule has 2 aromatic rings. The standard InChI is InChI=1S/C24H31N5O/c1-17(2)30-19-8-6-18(7-9-19)15-26-23-21(14-25)20-10-13-28(3)16-22(20)24(27-23)29-11-4-5-12-29/h6-9,17H,4-5,10-13,15-16H2,1-3H3,(H,26,27)/p+2. The van der Waals surface area contributed by atoms with Gasteiger partial charge in [0.05, 0.1) is 44.9 Å². The van der Waals surface area contributed by atoms with Crippen molar-refractivity contribution in [3.8, 4) is 11.8 Å². The van der Waals surface area contributed by atoms with Crippen molar-refractivity contribution >= 4 is 11.6 Å². The number of hydrogen-bond acceptors (Lipinski definition) is 4. The molecule has 6 heteroatoms. The third-order valence-electron chi connectivity index (χ3n) is 6.02. The summed E-state index contributed by atoms with van der Waals surface area (Å²) in [5.41, 5.74) is 4.50. The maximum Gasteiger partial charge on any atom is 0.237 e. The molecular formula is C24H33N5O+2. The number of nitrogens with zero attached hydrogens (tertiary/aromatic N) is 2. The van der Waals surface area contributed by atoms with Crippen LogP contribution in [0.1, 0.15) is 48.9 Å². The molecular weight excluding hydrogens is 374 g/mol. The average Bonchev–Trinajstić information content (AvgIpc) is 3.26. The number of aromatic nitrogens is 1. The Morgan fingerprint density at radius 3 is 2.60 bits per heavy atom. The molecule has 1 unspecified atom stereocenters. The van der Waals surface area contributed by atoms with Crippen molar-refractivity contribution in [3.05, 3.63) is 46.5 Å². The highest BCUT2D eigenvalue weighted by Gasteiger charge is 2.32. The highest BCUT2D eigenvalue weighted by molar-refractivity contribution is 5.61. The fourth-order valence-electron chi connectivity index (χ4n) is 4.51. The summed E-state index contributed by atoms with van der Waals surface area (Å²) in [7, 11) is 2.24. The van der Waals surface area contributed by atoms with Crippen molar-refractivity contribution in [2.24, 2.45) is 0 Å². The molecule has 0 spiro atoms. The number of aromatic amines is 1. The van der Waals surface area contributed by atoms with Crippen LogP contribution in [-0.2, 0) is 19.5 Å². The Morgan fingerprint density at radius 1 is 1.20 bits per heavy atom. The van der Waals surface area contributed by atoms with Gasteiger partial charge >= 0.3 is 0 Å². The van der Waals surface area contributed by atoms with Crippen molar-refractivity contribution in [2.75, 3.05) is 36.9 Å². The van der Waals surface area contributed by atoms with Gasteiger partial charge in [0.1, 0.15) is 23.9 Å². The van der Waals surface area contributed by atoms with Crippen LogP contribution in [-0.4, -0.2) is 32.8 Å². The first-order valence-corrected chi connectivity index (χ1v) is 11.1. The molecule has 0 aliphatic carbocycles. The first-order chi connectivity index (χ1) is 14.5. The van der Waals surface area contributed by atoms with Crippen molar-refractivity contribution in [3.63, 3.8) is 0 Å². The number of rotatable bonds is 6. The molecule has 0 saturated carbocycles. The highest BCUT2D eigenvalue weighted by atomic mass is 16.5. The number of anilines is 2. The summed E-state index contributed by atoms with van der Waals surface area (Å²) in [5.74, 6) is 2.94. The molecule has 1 fully saturated rings. The summed E-state index contributed by atoms with van der Waals surface area (Å²) in [6.07, 6.45) is 3.59. The number of nitrogens with one attached hydrogen (secondary N) is 3. The fraction of sp³-hybridized carbons (Fsp3) is 0.500. The molecule has 1 aromatic carbocycles. The van der Waals surface area contributed by atoms with E-state index in [4.69, 9.17) is 4.74 Å². The van der Waals surface area contributed by atoms with Crippen LogP contribution in [0.2, 0.25) is 0 Å². The van der Waals surface area contributed by atoms with Gasteiger partial charge in [-0.2, -0.15) is 5.26 Å². The number of hydrogen-bond donors (Lipinski definition) is 2. The summed E-state index contributed by atoms with van der Waals surface area (Å²) in [6, 6.07) is 10.7. The molecule has 2 aliphatic rings. The fourth-order valence-corrected chi connectivity index (χ4v) is 4.51. The van der Waals surface area contributed by atoms with Crippen LogP contribution in [0.4, 0.5) is 11.6 Å². The SMILES string of the molecule is CC(C)Oc1ccc(CNc2[nH+]c(N3CCCC3)c3c(c2C#N)CC[NH+](C)C3)cc1. The summed E-state index contributed by atoms with van der Waals surface area (Å²) in [4.78, 5) is 7.58. The number of likely N-dealkylation sites (N-methyl/N-ethyl adjacent to an activating group) is 1. The maximum absolute atomic E-state index is 9.97. The van der Waals surface area contributed by atoms with E-state index in [9.17, 15) is 5.26 Å². The van der Waals surface area contributed by atoms with Gasteiger partial charge in [0.25, 0.3) is 0 Å². The summed E-state index contributed by atoms with van der Waals surface area (Å²) < 4.78 is 5.73. The average molecular weight is 408 g/mol. The second-order valence-electron chi connectivity index (χ2n) is 8.78. The van der Waals surface area contributed by atoms with E-state index in [0.717, 1.165) is 55.3 Å². The zero-order valence-corrected chi connectivity index (χ0v) is 18.3. The van der Waals surface area contributed by atoms with Gasteiger partial charge in [-0.3, -0.25) is 4.90 Å². The molecule has 0 bridgehead atoms. The Bertz CT molecular complexity index is 926. The van der Waals surface area contributed by atoms with Crippen molar-refractivity contribution < 1.29 is 14.6 Å². The largest absolute Gasteiger partial charge is 0.491 e. The molecule has 0 radical (unpaired) electrons. The van der Waals surface area contributed by atoms with Gasteiger partial charge in [0.15, 0.2) is 0 Å². The Hall–Kier alpha value is -2.78. The van der Waals surface area contributed by atoms with Crippen LogP contribution in [0, 0.1) is 11.3 Å². The Kier molecular flexibility index (Phi) is 6.10. The molecule has 1 atom stereocenters. The number of benzene rings is 1. The van der Waals surface area contributed by atoms with Crippen LogP contribution in [0.15, 0.2) is 24.3 Å². The number of quaternary nitrogens is 1. The third kappa shape index (κ3) is 4.36. The second kappa shape index (κ2) is 8.93. The molecule has 4 rings (SSSR count). The molecule has 3 N–H and O–H groups in total. The van der Waals surface area contributed by atoms with E-state index in [1.807, 2.05) is 26.0 Å². The predicted molar refractivity (Wildman–Crippen MR) is 118 cm³/mol. The number of ether oxygens (including phenoxy) is 1. The van der Waals surface area contributed by atoms with Crippen molar-refractivity contribution in [1.29, 1.82) is 5.26 Å². The number of pyridine rings is 1. The quantitative estimate of drug-likeness (QED) is 0.768. The topological polar surface area (TPSA) is 66.9 Å². The molecule has 1 aromatic heterocycles. The zero-order chi connectivity index (χ0) is 21.1. The lowest BCUT2D eigenvalue weighted by Crippen LogP contribution is -3.08. The zero-order valence-electron chi connectivity index (χ0n) is 18.3. The first-order valence-electron chi connectivity index (χ1n) is 11.1. The predicted octanol–water partition coefficient (Wildman–Crippen LogP) is 1.94.